The van der Waals surface area contributed by atoms with Gasteiger partial charge < -0.3 is 10.0 Å². The Kier molecular flexibility index (Phi) is 7.51. The van der Waals surface area contributed by atoms with Crippen LogP contribution in [0.3, 0.4) is 0 Å². The highest BCUT2D eigenvalue weighted by atomic mass is 35.5. The van der Waals surface area contributed by atoms with E-state index in [-0.39, 0.29) is 22.6 Å². The van der Waals surface area contributed by atoms with Gasteiger partial charge >= 0.3 is 5.97 Å². The lowest BCUT2D eigenvalue weighted by molar-refractivity contribution is 0.0693. The van der Waals surface area contributed by atoms with Crippen molar-refractivity contribution >= 4 is 58.1 Å². The molecule has 186 valence electrons. The van der Waals surface area contributed by atoms with E-state index in [1.807, 2.05) is 36.4 Å². The fourth-order valence-corrected chi connectivity index (χ4v) is 5.31. The number of halogens is 2. The van der Waals surface area contributed by atoms with Gasteiger partial charge in [0.1, 0.15) is 5.69 Å². The number of carbonyl (C=O) groups is 2. The van der Waals surface area contributed by atoms with E-state index < -0.39 is 5.97 Å². The van der Waals surface area contributed by atoms with E-state index in [4.69, 9.17) is 23.2 Å². The van der Waals surface area contributed by atoms with Crippen LogP contribution in [0.25, 0.3) is 0 Å². The molecule has 1 aliphatic rings. The summed E-state index contributed by atoms with van der Waals surface area (Å²) in [6, 6.07) is 23.1. The van der Waals surface area contributed by atoms with E-state index in [2.05, 4.69) is 9.88 Å². The van der Waals surface area contributed by atoms with Gasteiger partial charge in [-0.15, -0.1) is 0 Å². The Morgan fingerprint density at radius 3 is 2.32 bits per heavy atom. The molecule has 3 aromatic carbocycles. The zero-order chi connectivity index (χ0) is 25.9. The Morgan fingerprint density at radius 1 is 0.919 bits per heavy atom. The molecule has 1 aromatic heterocycles. The molecule has 1 aliphatic carbocycles. The molecule has 0 unspecified atom stereocenters. The van der Waals surface area contributed by atoms with Crippen LogP contribution < -0.4 is 4.90 Å². The minimum absolute atomic E-state index is 0.0470. The van der Waals surface area contributed by atoms with Gasteiger partial charge in [-0.05, 0) is 91.6 Å². The first-order chi connectivity index (χ1) is 17.9. The monoisotopic (exact) mass is 548 g/mol. The maximum atomic E-state index is 13.2. The predicted molar refractivity (Wildman–Crippen MR) is 148 cm³/mol. The van der Waals surface area contributed by atoms with Crippen LogP contribution in [0.4, 0.5) is 11.4 Å². The lowest BCUT2D eigenvalue weighted by Crippen LogP contribution is -2.20. The Balaban J connectivity index is 1.39. The summed E-state index contributed by atoms with van der Waals surface area (Å²) in [6.07, 6.45) is 4.09. The fourth-order valence-electron chi connectivity index (χ4n) is 3.95. The van der Waals surface area contributed by atoms with E-state index in [0.717, 1.165) is 22.8 Å². The molecule has 0 radical (unpaired) electrons. The molecule has 0 bridgehead atoms. The van der Waals surface area contributed by atoms with Gasteiger partial charge in [0, 0.05) is 37.6 Å². The minimum Gasteiger partial charge on any atom is -0.478 e. The normalized spacial score (nSPS) is 12.8. The summed E-state index contributed by atoms with van der Waals surface area (Å²) in [5.41, 5.74) is 2.45. The number of aromatic nitrogens is 1. The second kappa shape index (κ2) is 11.0. The van der Waals surface area contributed by atoms with Crippen molar-refractivity contribution in [2.24, 2.45) is 5.92 Å². The highest BCUT2D eigenvalue weighted by Crippen LogP contribution is 2.36. The van der Waals surface area contributed by atoms with Gasteiger partial charge in [0.15, 0.2) is 0 Å². The molecule has 1 fully saturated rings. The number of carboxylic acid groups (broad SMARTS) is 1. The van der Waals surface area contributed by atoms with Crippen LogP contribution in [0.2, 0.25) is 10.0 Å². The average molecular weight is 549 g/mol. The molecular weight excluding hydrogens is 527 g/mol. The number of hydrogen-bond donors (Lipinski definition) is 1. The number of carbonyl (C=O) groups excluding carboxylic acids is 1. The molecule has 4 aromatic rings. The van der Waals surface area contributed by atoms with E-state index in [1.165, 1.54) is 30.7 Å². The number of rotatable bonds is 9. The van der Waals surface area contributed by atoms with Gasteiger partial charge in [-0.1, -0.05) is 41.0 Å². The quantitative estimate of drug-likeness (QED) is 0.213. The summed E-state index contributed by atoms with van der Waals surface area (Å²) in [7, 11) is 0. The molecule has 0 spiro atoms. The smallest absolute Gasteiger partial charge is 0.336 e. The summed E-state index contributed by atoms with van der Waals surface area (Å²) < 4.78 is 0. The van der Waals surface area contributed by atoms with Crippen molar-refractivity contribution in [3.05, 3.63) is 112 Å². The van der Waals surface area contributed by atoms with Crippen LogP contribution in [-0.2, 0) is 0 Å². The van der Waals surface area contributed by atoms with Crippen molar-refractivity contribution < 1.29 is 14.7 Å². The molecule has 5 rings (SSSR count). The molecule has 1 heterocycles. The largest absolute Gasteiger partial charge is 0.478 e. The lowest BCUT2D eigenvalue weighted by Gasteiger charge is -2.25. The highest BCUT2D eigenvalue weighted by Gasteiger charge is 2.26. The maximum absolute atomic E-state index is 13.2. The molecule has 8 heteroatoms. The Bertz CT molecular complexity index is 1460. The van der Waals surface area contributed by atoms with E-state index in [0.29, 0.717) is 20.9 Å². The van der Waals surface area contributed by atoms with Crippen molar-refractivity contribution in [3.8, 4) is 0 Å². The molecule has 0 saturated heterocycles. The number of carboxylic acids is 1. The van der Waals surface area contributed by atoms with Crippen molar-refractivity contribution in [2.45, 2.75) is 22.6 Å². The Hall–Kier alpha value is -3.32. The molecule has 0 amide bonds. The van der Waals surface area contributed by atoms with Crippen LogP contribution in [-0.4, -0.2) is 28.4 Å². The molecule has 1 N–H and O–H groups in total. The molecular formula is C29H22Cl2N2O3S. The van der Waals surface area contributed by atoms with Crippen molar-refractivity contribution in [1.29, 1.82) is 0 Å². The summed E-state index contributed by atoms with van der Waals surface area (Å²) >= 11 is 13.4. The van der Waals surface area contributed by atoms with Gasteiger partial charge in [-0.25, -0.2) is 4.79 Å². The number of ketones is 1. The fraction of sp³-hybridized carbons (Fsp3) is 0.138. The third-order valence-corrected chi connectivity index (χ3v) is 7.62. The van der Waals surface area contributed by atoms with Crippen molar-refractivity contribution in [2.75, 3.05) is 11.4 Å². The van der Waals surface area contributed by atoms with Gasteiger partial charge in [0.05, 0.1) is 17.4 Å². The first-order valence-electron chi connectivity index (χ1n) is 11.7. The zero-order valence-corrected chi connectivity index (χ0v) is 21.9. The standard InChI is InChI=1S/C29H22Cl2N2O3S/c30-20-7-9-22(10-8-20)33(17-18-4-5-18)23-11-12-26(32-16-23)28(34)19-6-13-27(25(14-19)29(35)36)37-24-3-1-2-21(31)15-24/h1-3,6-16,18H,4-5,17H2,(H,35,36). The number of anilines is 2. The lowest BCUT2D eigenvalue weighted by atomic mass is 10.0. The highest BCUT2D eigenvalue weighted by molar-refractivity contribution is 7.99. The third kappa shape index (κ3) is 6.16. The van der Waals surface area contributed by atoms with E-state index in [9.17, 15) is 14.7 Å². The number of aromatic carboxylic acids is 1. The number of hydrogen-bond acceptors (Lipinski definition) is 5. The first kappa shape index (κ1) is 25.3. The summed E-state index contributed by atoms with van der Waals surface area (Å²) in [5, 5.41) is 11.0. The number of nitrogens with zero attached hydrogens (tertiary/aromatic N) is 2. The van der Waals surface area contributed by atoms with E-state index in [1.54, 1.807) is 42.6 Å². The Labute approximate surface area is 229 Å². The van der Waals surface area contributed by atoms with E-state index >= 15 is 0 Å². The summed E-state index contributed by atoms with van der Waals surface area (Å²) in [6.45, 7) is 0.865. The molecule has 0 aliphatic heterocycles. The van der Waals surface area contributed by atoms with Crippen LogP contribution in [0.5, 0.6) is 0 Å². The predicted octanol–water partition coefficient (Wildman–Crippen LogP) is 8.02. The molecule has 5 nitrogen and oxygen atoms in total. The Morgan fingerprint density at radius 2 is 1.68 bits per heavy atom. The average Bonchev–Trinajstić information content (AvgIpc) is 3.72. The first-order valence-corrected chi connectivity index (χ1v) is 13.3. The third-order valence-electron chi connectivity index (χ3n) is 6.06. The molecule has 1 saturated carbocycles. The van der Waals surface area contributed by atoms with Crippen molar-refractivity contribution in [3.63, 3.8) is 0 Å². The van der Waals surface area contributed by atoms with Crippen LogP contribution in [0.15, 0.2) is 94.9 Å². The van der Waals surface area contributed by atoms with Crippen LogP contribution >= 0.6 is 35.0 Å². The SMILES string of the molecule is O=C(c1ccc(Sc2cccc(Cl)c2)c(C(=O)O)c1)c1ccc(N(CC2CC2)c2ccc(Cl)cc2)cn1. The summed E-state index contributed by atoms with van der Waals surface area (Å²) in [5.74, 6) is -0.815. The second-order valence-electron chi connectivity index (χ2n) is 8.84. The van der Waals surface area contributed by atoms with Crippen LogP contribution in [0, 0.1) is 5.92 Å². The molecule has 0 atom stereocenters. The maximum Gasteiger partial charge on any atom is 0.336 e. The topological polar surface area (TPSA) is 70.5 Å². The summed E-state index contributed by atoms with van der Waals surface area (Å²) in [4.78, 5) is 33.1. The minimum atomic E-state index is -1.11. The second-order valence-corrected chi connectivity index (χ2v) is 10.8. The number of pyridine rings is 1. The van der Waals surface area contributed by atoms with Gasteiger partial charge in [0.2, 0.25) is 5.78 Å². The zero-order valence-electron chi connectivity index (χ0n) is 19.6. The number of benzene rings is 3. The van der Waals surface area contributed by atoms with Crippen molar-refractivity contribution in [1.82, 2.24) is 4.98 Å². The molecule has 37 heavy (non-hydrogen) atoms. The van der Waals surface area contributed by atoms with Gasteiger partial charge in [-0.3, -0.25) is 9.78 Å². The van der Waals surface area contributed by atoms with Crippen LogP contribution in [0.1, 0.15) is 39.3 Å². The van der Waals surface area contributed by atoms with Gasteiger partial charge in [-0.2, -0.15) is 0 Å². The van der Waals surface area contributed by atoms with Gasteiger partial charge in [0.25, 0.3) is 0 Å².